The van der Waals surface area contributed by atoms with E-state index in [9.17, 15) is 9.59 Å². The van der Waals surface area contributed by atoms with Crippen molar-refractivity contribution in [1.29, 1.82) is 0 Å². The van der Waals surface area contributed by atoms with E-state index in [0.29, 0.717) is 17.7 Å². The van der Waals surface area contributed by atoms with Gasteiger partial charge < -0.3 is 5.32 Å². The molecule has 2 aromatic heterocycles. The lowest BCUT2D eigenvalue weighted by Gasteiger charge is -2.13. The second kappa shape index (κ2) is 10.9. The second-order valence-electron chi connectivity index (χ2n) is 7.73. The average molecular weight is 455 g/mol. The first-order valence-electron chi connectivity index (χ1n) is 11.2. The van der Waals surface area contributed by atoms with E-state index < -0.39 is 5.91 Å². The van der Waals surface area contributed by atoms with E-state index >= 15 is 0 Å². The maximum absolute atomic E-state index is 12.6. The minimum Gasteiger partial charge on any atom is -0.355 e. The normalized spacial score (nSPS) is 11.0. The quantitative estimate of drug-likeness (QED) is 0.285. The Hall–Kier alpha value is -4.46. The summed E-state index contributed by atoms with van der Waals surface area (Å²) in [4.78, 5) is 28.7. The van der Waals surface area contributed by atoms with Gasteiger partial charge >= 0.3 is 0 Å². The minimum atomic E-state index is -0.391. The molecule has 34 heavy (non-hydrogen) atoms. The van der Waals surface area contributed by atoms with Crippen molar-refractivity contribution in [3.8, 4) is 0 Å². The lowest BCUT2D eigenvalue weighted by atomic mass is 10.1. The van der Waals surface area contributed by atoms with Gasteiger partial charge in [0.2, 0.25) is 5.91 Å². The molecule has 0 aliphatic carbocycles. The first-order chi connectivity index (χ1) is 16.6. The summed E-state index contributed by atoms with van der Waals surface area (Å²) in [6.45, 7) is 2.01. The average Bonchev–Trinajstić information content (AvgIpc) is 3.28. The van der Waals surface area contributed by atoms with E-state index in [1.807, 2.05) is 67.6 Å². The number of amides is 2. The van der Waals surface area contributed by atoms with Gasteiger partial charge in [0.25, 0.3) is 5.91 Å². The Morgan fingerprint density at radius 2 is 1.85 bits per heavy atom. The number of aromatic amines is 1. The number of rotatable bonds is 8. The van der Waals surface area contributed by atoms with Crippen LogP contribution in [0.25, 0.3) is 23.1 Å². The Morgan fingerprint density at radius 1 is 1.00 bits per heavy atom. The summed E-state index contributed by atoms with van der Waals surface area (Å²) in [5, 5.41) is 11.7. The Balaban J connectivity index is 1.47. The van der Waals surface area contributed by atoms with Gasteiger partial charge in [-0.15, -0.1) is 0 Å². The van der Waals surface area contributed by atoms with Crippen LogP contribution in [0.2, 0.25) is 0 Å². The van der Waals surface area contributed by atoms with Crippen LogP contribution in [0.5, 0.6) is 0 Å². The van der Waals surface area contributed by atoms with Crippen molar-refractivity contribution < 1.29 is 9.59 Å². The molecule has 8 heteroatoms. The van der Waals surface area contributed by atoms with Crippen LogP contribution in [0.15, 0.2) is 66.9 Å². The van der Waals surface area contributed by atoms with Gasteiger partial charge in [-0.3, -0.25) is 30.5 Å². The van der Waals surface area contributed by atoms with Crippen molar-refractivity contribution in [2.45, 2.75) is 26.2 Å². The molecule has 0 aliphatic heterocycles. The zero-order chi connectivity index (χ0) is 23.8. The number of hydrazine groups is 1. The van der Waals surface area contributed by atoms with Gasteiger partial charge in [0.1, 0.15) is 0 Å². The molecule has 4 N–H and O–H groups in total. The van der Waals surface area contributed by atoms with Crippen molar-refractivity contribution in [3.63, 3.8) is 0 Å². The highest BCUT2D eigenvalue weighted by Gasteiger charge is 2.13. The highest BCUT2D eigenvalue weighted by Crippen LogP contribution is 2.26. The smallest absolute Gasteiger partial charge is 0.271 e. The summed E-state index contributed by atoms with van der Waals surface area (Å²) in [7, 11) is 0. The van der Waals surface area contributed by atoms with Gasteiger partial charge in [-0.05, 0) is 61.0 Å². The maximum Gasteiger partial charge on any atom is 0.271 e. The molecular weight excluding hydrogens is 428 g/mol. The highest BCUT2D eigenvalue weighted by molar-refractivity contribution is 6.01. The number of benzene rings is 2. The number of pyridine rings is 1. The van der Waals surface area contributed by atoms with E-state index in [0.717, 1.165) is 40.8 Å². The molecule has 0 fully saturated rings. The molecule has 2 amide bonds. The van der Waals surface area contributed by atoms with Crippen molar-refractivity contribution in [1.82, 2.24) is 26.0 Å². The number of fused-ring (bicyclic) bond motifs is 1. The van der Waals surface area contributed by atoms with Crippen LogP contribution in [0.4, 0.5) is 11.4 Å². The number of H-pyrrole nitrogens is 1. The van der Waals surface area contributed by atoms with Crippen LogP contribution >= 0.6 is 0 Å². The third-order valence-electron chi connectivity index (χ3n) is 5.22. The van der Waals surface area contributed by atoms with E-state index in [4.69, 9.17) is 0 Å². The van der Waals surface area contributed by atoms with Crippen LogP contribution in [0.1, 0.15) is 47.9 Å². The van der Waals surface area contributed by atoms with E-state index in [1.165, 1.54) is 0 Å². The second-order valence-corrected chi connectivity index (χ2v) is 7.73. The van der Waals surface area contributed by atoms with Gasteiger partial charge in [0.15, 0.2) is 0 Å². The number of unbranched alkanes of at least 4 members (excludes halogenated alkanes) is 1. The van der Waals surface area contributed by atoms with Crippen LogP contribution < -0.4 is 16.2 Å². The molecule has 0 saturated heterocycles. The fraction of sp³-hybridized carbons (Fsp3) is 0.154. The Morgan fingerprint density at radius 3 is 2.68 bits per heavy atom. The highest BCUT2D eigenvalue weighted by atomic mass is 16.2. The fourth-order valence-electron chi connectivity index (χ4n) is 3.42. The molecule has 4 aromatic rings. The Bertz CT molecular complexity index is 1310. The Kier molecular flexibility index (Phi) is 7.29. The molecule has 0 saturated carbocycles. The molecule has 4 rings (SSSR count). The predicted molar refractivity (Wildman–Crippen MR) is 134 cm³/mol. The number of hydrogen-bond donors (Lipinski definition) is 4. The number of nitrogens with one attached hydrogen (secondary N) is 4. The molecule has 0 bridgehead atoms. The SMILES string of the molecule is CCCCC(=O)NNC(=O)c1ccccc1Nc1ccc2c(/C=C/c3ccccn3)n[nH]c2c1. The van der Waals surface area contributed by atoms with E-state index in [2.05, 4.69) is 31.3 Å². The molecule has 2 aromatic carbocycles. The van der Waals surface area contributed by atoms with Crippen molar-refractivity contribution >= 4 is 46.2 Å². The molecule has 8 nitrogen and oxygen atoms in total. The van der Waals surface area contributed by atoms with E-state index in [-0.39, 0.29) is 5.91 Å². The zero-order valence-corrected chi connectivity index (χ0v) is 18.8. The van der Waals surface area contributed by atoms with E-state index in [1.54, 1.807) is 18.3 Å². The van der Waals surface area contributed by atoms with Gasteiger partial charge in [0, 0.05) is 23.7 Å². The van der Waals surface area contributed by atoms with Crippen LogP contribution in [-0.2, 0) is 4.79 Å². The standard InChI is InChI=1S/C26H26N6O2/c1-2-3-11-25(33)31-32-26(34)21-9-4-5-10-22(21)28-19-12-14-20-23(29-30-24(20)17-19)15-13-18-8-6-7-16-27-18/h4-10,12-17,28H,2-3,11H2,1H3,(H,29,30)(H,31,33)(H,32,34)/b15-13+. The molecule has 172 valence electrons. The number of para-hydroxylation sites is 1. The monoisotopic (exact) mass is 454 g/mol. The van der Waals surface area contributed by atoms with Gasteiger partial charge in [0.05, 0.1) is 28.2 Å². The summed E-state index contributed by atoms with van der Waals surface area (Å²) in [5.41, 5.74) is 9.31. The summed E-state index contributed by atoms with van der Waals surface area (Å²) >= 11 is 0. The number of anilines is 2. The molecular formula is C26H26N6O2. The first-order valence-corrected chi connectivity index (χ1v) is 11.2. The first kappa shape index (κ1) is 22.7. The van der Waals surface area contributed by atoms with Crippen molar-refractivity contribution in [3.05, 3.63) is 83.8 Å². The Labute approximate surface area is 197 Å². The molecule has 2 heterocycles. The van der Waals surface area contributed by atoms with Gasteiger partial charge in [-0.2, -0.15) is 5.10 Å². The number of carbonyl (C=O) groups is 2. The van der Waals surface area contributed by atoms with Crippen molar-refractivity contribution in [2.75, 3.05) is 5.32 Å². The lowest BCUT2D eigenvalue weighted by molar-refractivity contribution is -0.121. The molecule has 0 aliphatic rings. The summed E-state index contributed by atoms with van der Waals surface area (Å²) < 4.78 is 0. The number of nitrogens with zero attached hydrogens (tertiary/aromatic N) is 2. The van der Waals surface area contributed by atoms with Crippen molar-refractivity contribution in [2.24, 2.45) is 0 Å². The van der Waals surface area contributed by atoms with Crippen LogP contribution in [0, 0.1) is 0 Å². The van der Waals surface area contributed by atoms with Crippen LogP contribution in [-0.4, -0.2) is 27.0 Å². The number of hydrogen-bond acceptors (Lipinski definition) is 5. The maximum atomic E-state index is 12.6. The minimum absolute atomic E-state index is 0.210. The van der Waals surface area contributed by atoms with Gasteiger partial charge in [-0.1, -0.05) is 31.5 Å². The summed E-state index contributed by atoms with van der Waals surface area (Å²) in [6.07, 6.45) is 7.65. The number of carbonyl (C=O) groups excluding carboxylic acids is 2. The molecule has 0 unspecified atom stereocenters. The summed E-state index contributed by atoms with van der Waals surface area (Å²) in [6, 6.07) is 18.7. The third-order valence-corrected chi connectivity index (χ3v) is 5.22. The molecule has 0 atom stereocenters. The van der Waals surface area contributed by atoms with Crippen LogP contribution in [0.3, 0.4) is 0 Å². The topological polar surface area (TPSA) is 112 Å². The summed E-state index contributed by atoms with van der Waals surface area (Å²) in [5.74, 6) is -0.601. The fourth-order valence-corrected chi connectivity index (χ4v) is 3.42. The lowest BCUT2D eigenvalue weighted by Crippen LogP contribution is -2.41. The van der Waals surface area contributed by atoms with Gasteiger partial charge in [-0.25, -0.2) is 0 Å². The zero-order valence-electron chi connectivity index (χ0n) is 18.8. The number of aromatic nitrogens is 3. The molecule has 0 spiro atoms. The third kappa shape index (κ3) is 5.66. The predicted octanol–water partition coefficient (Wildman–Crippen LogP) is 4.82. The molecule has 0 radical (unpaired) electrons. The largest absolute Gasteiger partial charge is 0.355 e.